The van der Waals surface area contributed by atoms with Crippen LogP contribution in [-0.2, 0) is 13.0 Å². The van der Waals surface area contributed by atoms with Gasteiger partial charge in [0.15, 0.2) is 5.16 Å². The number of nitrogens with zero attached hydrogens (tertiary/aromatic N) is 3. The minimum Gasteiger partial charge on any atom is -0.444 e. The van der Waals surface area contributed by atoms with Gasteiger partial charge in [0, 0.05) is 19.0 Å². The second kappa shape index (κ2) is 7.14. The number of nitrogens with one attached hydrogen (secondary N) is 2. The molecule has 0 aliphatic carbocycles. The van der Waals surface area contributed by atoms with E-state index >= 15 is 0 Å². The molecule has 0 amide bonds. The Labute approximate surface area is 122 Å². The molecule has 2 heterocycles. The predicted octanol–water partition coefficient (Wildman–Crippen LogP) is 2.79. The van der Waals surface area contributed by atoms with Crippen molar-refractivity contribution in [2.45, 2.75) is 32.0 Å². The Kier molecular flexibility index (Phi) is 5.23. The normalized spacial score (nSPS) is 10.6. The van der Waals surface area contributed by atoms with Crippen molar-refractivity contribution in [3.63, 3.8) is 0 Å². The Morgan fingerprint density at radius 3 is 2.55 bits per heavy atom. The van der Waals surface area contributed by atoms with Gasteiger partial charge < -0.3 is 15.1 Å². The second-order valence-corrected chi connectivity index (χ2v) is 4.86. The fraction of sp³-hybridized carbons (Fsp3) is 0.462. The summed E-state index contributed by atoms with van der Waals surface area (Å²) in [7, 11) is 0. The summed E-state index contributed by atoms with van der Waals surface area (Å²) in [6.45, 7) is 5.41. The number of thioether (sulfide) groups is 1. The van der Waals surface area contributed by atoms with E-state index in [0.29, 0.717) is 12.4 Å². The lowest BCUT2D eigenvalue weighted by Crippen LogP contribution is -2.06. The molecule has 7 heteroatoms. The van der Waals surface area contributed by atoms with Gasteiger partial charge in [0.1, 0.15) is 17.4 Å². The Balaban J connectivity index is 2.05. The van der Waals surface area contributed by atoms with E-state index < -0.39 is 0 Å². The van der Waals surface area contributed by atoms with Crippen LogP contribution in [-0.4, -0.2) is 27.8 Å². The first-order valence-electron chi connectivity index (χ1n) is 6.59. The van der Waals surface area contributed by atoms with Crippen LogP contribution >= 0.6 is 11.8 Å². The number of aryl methyl sites for hydroxylation is 1. The average molecular weight is 293 g/mol. The van der Waals surface area contributed by atoms with Gasteiger partial charge in [-0.25, -0.2) is 15.0 Å². The molecule has 0 saturated heterocycles. The molecule has 2 N–H and O–H groups in total. The first-order valence-corrected chi connectivity index (χ1v) is 7.82. The standard InChI is InChI=1S/C13H19N5OS/c1-4-9-7-16-12(19-9)8-15-11-6-10(14-5-2)17-13(18-11)20-3/h6-7H,4-5,8H2,1-3H3,(H2,14,15,17,18). The monoisotopic (exact) mass is 293 g/mol. The molecule has 0 aliphatic rings. The zero-order valence-corrected chi connectivity index (χ0v) is 12.8. The highest BCUT2D eigenvalue weighted by molar-refractivity contribution is 7.98. The molecule has 0 saturated carbocycles. The number of hydrogen-bond acceptors (Lipinski definition) is 7. The van der Waals surface area contributed by atoms with Crippen molar-refractivity contribution in [3.05, 3.63) is 23.9 Å². The van der Waals surface area contributed by atoms with Crippen molar-refractivity contribution < 1.29 is 4.42 Å². The molecule has 20 heavy (non-hydrogen) atoms. The molecule has 0 aromatic carbocycles. The summed E-state index contributed by atoms with van der Waals surface area (Å²) in [5.41, 5.74) is 0. The largest absolute Gasteiger partial charge is 0.444 e. The van der Waals surface area contributed by atoms with E-state index in [-0.39, 0.29) is 0 Å². The number of rotatable bonds is 7. The summed E-state index contributed by atoms with van der Waals surface area (Å²) in [5, 5.41) is 7.13. The molecule has 0 fully saturated rings. The highest BCUT2D eigenvalue weighted by atomic mass is 32.2. The molecular weight excluding hydrogens is 274 g/mol. The van der Waals surface area contributed by atoms with Gasteiger partial charge in [-0.15, -0.1) is 0 Å². The minimum atomic E-state index is 0.510. The molecule has 0 spiro atoms. The third kappa shape index (κ3) is 3.86. The maximum absolute atomic E-state index is 5.55. The van der Waals surface area contributed by atoms with Crippen molar-refractivity contribution in [2.75, 3.05) is 23.4 Å². The molecule has 6 nitrogen and oxygen atoms in total. The molecule has 0 bridgehead atoms. The molecule has 108 valence electrons. The van der Waals surface area contributed by atoms with E-state index in [1.807, 2.05) is 26.2 Å². The topological polar surface area (TPSA) is 75.9 Å². The highest BCUT2D eigenvalue weighted by Gasteiger charge is 2.06. The van der Waals surface area contributed by atoms with E-state index in [1.165, 1.54) is 11.8 Å². The lowest BCUT2D eigenvalue weighted by atomic mass is 10.4. The Hall–Kier alpha value is -1.76. The summed E-state index contributed by atoms with van der Waals surface area (Å²) < 4.78 is 5.55. The fourth-order valence-electron chi connectivity index (χ4n) is 1.64. The Bertz CT molecular complexity index is 557. The van der Waals surface area contributed by atoms with Crippen LogP contribution < -0.4 is 10.6 Å². The number of oxazole rings is 1. The summed E-state index contributed by atoms with van der Waals surface area (Å²) in [6.07, 6.45) is 4.56. The van der Waals surface area contributed by atoms with E-state index in [9.17, 15) is 0 Å². The Morgan fingerprint density at radius 1 is 1.20 bits per heavy atom. The molecule has 0 radical (unpaired) electrons. The molecule has 2 aromatic rings. The molecule has 0 aliphatic heterocycles. The molecule has 0 unspecified atom stereocenters. The third-order valence-electron chi connectivity index (χ3n) is 2.62. The average Bonchev–Trinajstić information content (AvgIpc) is 2.93. The van der Waals surface area contributed by atoms with Crippen LogP contribution in [0.25, 0.3) is 0 Å². The lowest BCUT2D eigenvalue weighted by Gasteiger charge is -2.08. The zero-order chi connectivity index (χ0) is 14.4. The van der Waals surface area contributed by atoms with E-state index in [4.69, 9.17) is 4.42 Å². The van der Waals surface area contributed by atoms with E-state index in [1.54, 1.807) is 6.20 Å². The van der Waals surface area contributed by atoms with E-state index in [2.05, 4.69) is 25.6 Å². The van der Waals surface area contributed by atoms with Crippen LogP contribution in [0.3, 0.4) is 0 Å². The predicted molar refractivity (Wildman–Crippen MR) is 81.2 cm³/mol. The lowest BCUT2D eigenvalue weighted by molar-refractivity contribution is 0.465. The van der Waals surface area contributed by atoms with Gasteiger partial charge >= 0.3 is 0 Å². The van der Waals surface area contributed by atoms with Crippen molar-refractivity contribution in [3.8, 4) is 0 Å². The SMILES string of the molecule is CCNc1cc(NCc2ncc(CC)o2)nc(SC)n1. The molecule has 0 atom stereocenters. The highest BCUT2D eigenvalue weighted by Crippen LogP contribution is 2.17. The quantitative estimate of drug-likeness (QED) is 0.600. The Morgan fingerprint density at radius 2 is 1.95 bits per heavy atom. The summed E-state index contributed by atoms with van der Waals surface area (Å²) in [6, 6.07) is 1.88. The maximum atomic E-state index is 5.55. The van der Waals surface area contributed by atoms with Crippen molar-refractivity contribution >= 4 is 23.4 Å². The first kappa shape index (κ1) is 14.6. The van der Waals surface area contributed by atoms with Gasteiger partial charge in [-0.2, -0.15) is 0 Å². The number of anilines is 2. The molecule has 2 rings (SSSR count). The van der Waals surface area contributed by atoms with Crippen molar-refractivity contribution in [1.29, 1.82) is 0 Å². The number of aromatic nitrogens is 3. The zero-order valence-electron chi connectivity index (χ0n) is 11.9. The third-order valence-corrected chi connectivity index (χ3v) is 3.16. The fourth-order valence-corrected chi connectivity index (χ4v) is 2.02. The first-order chi connectivity index (χ1) is 9.75. The van der Waals surface area contributed by atoms with Crippen molar-refractivity contribution in [1.82, 2.24) is 15.0 Å². The van der Waals surface area contributed by atoms with Crippen LogP contribution in [0.4, 0.5) is 11.6 Å². The minimum absolute atomic E-state index is 0.510. The summed E-state index contributed by atoms with van der Waals surface area (Å²) >= 11 is 1.51. The smallest absolute Gasteiger partial charge is 0.213 e. The van der Waals surface area contributed by atoms with E-state index in [0.717, 1.165) is 35.5 Å². The van der Waals surface area contributed by atoms with Crippen LogP contribution in [0, 0.1) is 0 Å². The van der Waals surface area contributed by atoms with Crippen LogP contribution in [0.5, 0.6) is 0 Å². The number of hydrogen-bond donors (Lipinski definition) is 2. The van der Waals surface area contributed by atoms with Crippen LogP contribution in [0.15, 0.2) is 21.8 Å². The van der Waals surface area contributed by atoms with Crippen LogP contribution in [0.1, 0.15) is 25.5 Å². The van der Waals surface area contributed by atoms with Gasteiger partial charge in [0.25, 0.3) is 0 Å². The summed E-state index contributed by atoms with van der Waals surface area (Å²) in [5.74, 6) is 3.13. The maximum Gasteiger partial charge on any atom is 0.213 e. The molecular formula is C13H19N5OS. The van der Waals surface area contributed by atoms with Gasteiger partial charge in [0.05, 0.1) is 12.7 Å². The van der Waals surface area contributed by atoms with Crippen LogP contribution in [0.2, 0.25) is 0 Å². The van der Waals surface area contributed by atoms with Gasteiger partial charge in [-0.05, 0) is 13.2 Å². The van der Waals surface area contributed by atoms with Crippen molar-refractivity contribution in [2.24, 2.45) is 0 Å². The van der Waals surface area contributed by atoms with Gasteiger partial charge in [-0.3, -0.25) is 0 Å². The van der Waals surface area contributed by atoms with Gasteiger partial charge in [-0.1, -0.05) is 18.7 Å². The second-order valence-electron chi connectivity index (χ2n) is 4.08. The van der Waals surface area contributed by atoms with Gasteiger partial charge in [0.2, 0.25) is 5.89 Å². The molecule has 2 aromatic heterocycles. The summed E-state index contributed by atoms with van der Waals surface area (Å²) in [4.78, 5) is 13.0.